The van der Waals surface area contributed by atoms with E-state index < -0.39 is 6.04 Å². The van der Waals surface area contributed by atoms with Crippen molar-refractivity contribution in [1.82, 2.24) is 15.5 Å². The van der Waals surface area contributed by atoms with Crippen molar-refractivity contribution in [3.63, 3.8) is 0 Å². The van der Waals surface area contributed by atoms with Gasteiger partial charge in [0.2, 0.25) is 11.8 Å². The third kappa shape index (κ3) is 4.06. The number of carbonyl (C=O) groups excluding carboxylic acids is 1. The second-order valence-corrected chi connectivity index (χ2v) is 6.58. The summed E-state index contributed by atoms with van der Waals surface area (Å²) in [5, 5.41) is 11.2. The molecule has 1 atom stereocenters. The van der Waals surface area contributed by atoms with Crippen molar-refractivity contribution >= 4 is 5.91 Å². The SMILES string of the molecule is Cc1ccccc1C(=O)N[C@@H](c1ccc(F)cc1)c1nnc(-c2ccccc2)o1. The summed E-state index contributed by atoms with van der Waals surface area (Å²) in [7, 11) is 0. The molecule has 0 saturated heterocycles. The van der Waals surface area contributed by atoms with Crippen LogP contribution < -0.4 is 5.32 Å². The lowest BCUT2D eigenvalue weighted by Gasteiger charge is -2.16. The van der Waals surface area contributed by atoms with Gasteiger partial charge in [0.25, 0.3) is 5.91 Å². The number of hydrogen-bond acceptors (Lipinski definition) is 4. The number of aromatic nitrogens is 2. The van der Waals surface area contributed by atoms with Gasteiger partial charge in [-0.05, 0) is 48.4 Å². The molecular formula is C23H18FN3O2. The van der Waals surface area contributed by atoms with E-state index in [9.17, 15) is 9.18 Å². The molecule has 0 radical (unpaired) electrons. The average Bonchev–Trinajstić information content (AvgIpc) is 3.23. The van der Waals surface area contributed by atoms with Gasteiger partial charge >= 0.3 is 0 Å². The Kier molecular flexibility index (Phi) is 5.16. The number of rotatable bonds is 5. The molecule has 0 aliphatic heterocycles. The molecule has 1 amide bonds. The van der Waals surface area contributed by atoms with Gasteiger partial charge in [0.05, 0.1) is 0 Å². The van der Waals surface area contributed by atoms with Gasteiger partial charge in [-0.25, -0.2) is 4.39 Å². The molecule has 0 aliphatic rings. The average molecular weight is 387 g/mol. The first-order chi connectivity index (χ1) is 14.1. The number of aryl methyl sites for hydroxylation is 1. The molecule has 3 aromatic carbocycles. The van der Waals surface area contributed by atoms with Crippen molar-refractivity contribution in [2.24, 2.45) is 0 Å². The van der Waals surface area contributed by atoms with E-state index >= 15 is 0 Å². The minimum atomic E-state index is -0.715. The standard InChI is InChI=1S/C23H18FN3O2/c1-15-7-5-6-10-19(15)21(28)25-20(16-11-13-18(24)14-12-16)23-27-26-22(29-23)17-8-3-2-4-9-17/h2-14,20H,1H3,(H,25,28)/t20-/m0/s1. The molecule has 0 fully saturated rings. The summed E-state index contributed by atoms with van der Waals surface area (Å²) in [5.41, 5.74) is 2.80. The molecular weight excluding hydrogens is 369 g/mol. The van der Waals surface area contributed by atoms with E-state index in [0.29, 0.717) is 17.0 Å². The van der Waals surface area contributed by atoms with Crippen molar-refractivity contribution < 1.29 is 13.6 Å². The summed E-state index contributed by atoms with van der Waals surface area (Å²) in [6.07, 6.45) is 0. The van der Waals surface area contributed by atoms with Gasteiger partial charge in [-0.2, -0.15) is 0 Å². The topological polar surface area (TPSA) is 68.0 Å². The molecule has 1 N–H and O–H groups in total. The Balaban J connectivity index is 1.70. The Morgan fingerprint density at radius 3 is 2.34 bits per heavy atom. The summed E-state index contributed by atoms with van der Waals surface area (Å²) >= 11 is 0. The fraction of sp³-hybridized carbons (Fsp3) is 0.0870. The van der Waals surface area contributed by atoms with Gasteiger partial charge in [0.15, 0.2) is 0 Å². The molecule has 0 unspecified atom stereocenters. The van der Waals surface area contributed by atoms with Gasteiger partial charge in [0, 0.05) is 11.1 Å². The molecule has 1 aromatic heterocycles. The molecule has 4 aromatic rings. The van der Waals surface area contributed by atoms with E-state index in [-0.39, 0.29) is 17.6 Å². The lowest BCUT2D eigenvalue weighted by molar-refractivity contribution is 0.0937. The van der Waals surface area contributed by atoms with Crippen molar-refractivity contribution in [3.8, 4) is 11.5 Å². The third-order valence-electron chi connectivity index (χ3n) is 4.58. The highest BCUT2D eigenvalue weighted by Crippen LogP contribution is 2.26. The predicted octanol–water partition coefficient (Wildman–Crippen LogP) is 4.70. The van der Waals surface area contributed by atoms with Gasteiger partial charge < -0.3 is 9.73 Å². The Labute approximate surface area is 167 Å². The Morgan fingerprint density at radius 1 is 0.931 bits per heavy atom. The van der Waals surface area contributed by atoms with E-state index in [0.717, 1.165) is 11.1 Å². The number of carbonyl (C=O) groups is 1. The van der Waals surface area contributed by atoms with Gasteiger partial charge in [-0.3, -0.25) is 4.79 Å². The normalized spacial score (nSPS) is 11.8. The lowest BCUT2D eigenvalue weighted by Crippen LogP contribution is -2.30. The Bertz CT molecular complexity index is 1120. The van der Waals surface area contributed by atoms with Crippen LogP contribution in [0.5, 0.6) is 0 Å². The molecule has 6 heteroatoms. The molecule has 4 rings (SSSR count). The number of nitrogens with one attached hydrogen (secondary N) is 1. The van der Waals surface area contributed by atoms with Crippen molar-refractivity contribution in [2.45, 2.75) is 13.0 Å². The quantitative estimate of drug-likeness (QED) is 0.539. The number of hydrogen-bond donors (Lipinski definition) is 1. The second-order valence-electron chi connectivity index (χ2n) is 6.58. The maximum atomic E-state index is 13.4. The van der Waals surface area contributed by atoms with Gasteiger partial charge in [-0.15, -0.1) is 10.2 Å². The number of halogens is 1. The van der Waals surface area contributed by atoms with Crippen molar-refractivity contribution in [2.75, 3.05) is 0 Å². The largest absolute Gasteiger partial charge is 0.418 e. The number of benzene rings is 3. The lowest BCUT2D eigenvalue weighted by atomic mass is 10.0. The third-order valence-corrected chi connectivity index (χ3v) is 4.58. The Hall–Kier alpha value is -3.80. The van der Waals surface area contributed by atoms with Crippen LogP contribution >= 0.6 is 0 Å². The fourth-order valence-electron chi connectivity index (χ4n) is 3.03. The zero-order chi connectivity index (χ0) is 20.2. The van der Waals surface area contributed by atoms with Gasteiger partial charge in [-0.1, -0.05) is 48.5 Å². The van der Waals surface area contributed by atoms with Crippen LogP contribution in [0.2, 0.25) is 0 Å². The highest BCUT2D eigenvalue weighted by atomic mass is 19.1. The molecule has 5 nitrogen and oxygen atoms in total. The number of nitrogens with zero attached hydrogens (tertiary/aromatic N) is 2. The van der Waals surface area contributed by atoms with Crippen LogP contribution in [0.15, 0.2) is 83.3 Å². The van der Waals surface area contributed by atoms with E-state index in [1.165, 1.54) is 12.1 Å². The van der Waals surface area contributed by atoms with Crippen LogP contribution in [-0.4, -0.2) is 16.1 Å². The summed E-state index contributed by atoms with van der Waals surface area (Å²) in [5.74, 6) is -0.0830. The minimum absolute atomic E-state index is 0.220. The highest BCUT2D eigenvalue weighted by molar-refractivity contribution is 5.96. The summed E-state index contributed by atoms with van der Waals surface area (Å²) in [4.78, 5) is 12.9. The molecule has 144 valence electrons. The summed E-state index contributed by atoms with van der Waals surface area (Å²) < 4.78 is 19.3. The highest BCUT2D eigenvalue weighted by Gasteiger charge is 2.24. The van der Waals surface area contributed by atoms with Crippen LogP contribution in [0.25, 0.3) is 11.5 Å². The molecule has 0 spiro atoms. The fourth-order valence-corrected chi connectivity index (χ4v) is 3.03. The zero-order valence-electron chi connectivity index (χ0n) is 15.7. The first-order valence-corrected chi connectivity index (χ1v) is 9.12. The zero-order valence-corrected chi connectivity index (χ0v) is 15.7. The summed E-state index contributed by atoms with van der Waals surface area (Å²) in [6.45, 7) is 1.86. The molecule has 0 aliphatic carbocycles. The van der Waals surface area contributed by atoms with Crippen molar-refractivity contribution in [3.05, 3.63) is 107 Å². The van der Waals surface area contributed by atoms with Crippen LogP contribution in [0.4, 0.5) is 4.39 Å². The molecule has 29 heavy (non-hydrogen) atoms. The van der Waals surface area contributed by atoms with E-state index in [1.54, 1.807) is 24.3 Å². The number of amides is 1. The molecule has 0 saturated carbocycles. The van der Waals surface area contributed by atoms with E-state index in [4.69, 9.17) is 4.42 Å². The minimum Gasteiger partial charge on any atom is -0.418 e. The van der Waals surface area contributed by atoms with Crippen LogP contribution in [-0.2, 0) is 0 Å². The van der Waals surface area contributed by atoms with Crippen LogP contribution in [0, 0.1) is 12.7 Å². The first-order valence-electron chi connectivity index (χ1n) is 9.12. The molecule has 0 bridgehead atoms. The van der Waals surface area contributed by atoms with Crippen LogP contribution in [0.3, 0.4) is 0 Å². The predicted molar refractivity (Wildman–Crippen MR) is 107 cm³/mol. The van der Waals surface area contributed by atoms with Crippen molar-refractivity contribution in [1.29, 1.82) is 0 Å². The van der Waals surface area contributed by atoms with Gasteiger partial charge in [0.1, 0.15) is 11.9 Å². The maximum Gasteiger partial charge on any atom is 0.252 e. The molecule has 1 heterocycles. The summed E-state index contributed by atoms with van der Waals surface area (Å²) in [6, 6.07) is 21.7. The first kappa shape index (κ1) is 18.6. The monoisotopic (exact) mass is 387 g/mol. The smallest absolute Gasteiger partial charge is 0.252 e. The van der Waals surface area contributed by atoms with E-state index in [2.05, 4.69) is 15.5 Å². The van der Waals surface area contributed by atoms with E-state index in [1.807, 2.05) is 49.4 Å². The second kappa shape index (κ2) is 8.06. The maximum absolute atomic E-state index is 13.4. The van der Waals surface area contributed by atoms with Crippen LogP contribution in [0.1, 0.15) is 33.4 Å². The Morgan fingerprint density at radius 2 is 1.62 bits per heavy atom.